The Morgan fingerprint density at radius 3 is 2.72 bits per heavy atom. The molecular formula is C14H26N2O2. The van der Waals surface area contributed by atoms with Crippen molar-refractivity contribution in [3.8, 4) is 0 Å². The van der Waals surface area contributed by atoms with Gasteiger partial charge in [0.05, 0.1) is 11.5 Å². The van der Waals surface area contributed by atoms with Gasteiger partial charge in [0.1, 0.15) is 0 Å². The van der Waals surface area contributed by atoms with Crippen LogP contribution in [-0.2, 0) is 4.79 Å². The highest BCUT2D eigenvalue weighted by Gasteiger charge is 2.32. The van der Waals surface area contributed by atoms with Crippen molar-refractivity contribution >= 4 is 5.91 Å². The molecule has 3 N–H and O–H groups in total. The van der Waals surface area contributed by atoms with E-state index in [1.54, 1.807) is 0 Å². The fourth-order valence-electron chi connectivity index (χ4n) is 2.95. The first-order chi connectivity index (χ1) is 8.59. The molecule has 4 heteroatoms. The second-order valence-corrected chi connectivity index (χ2v) is 6.17. The van der Waals surface area contributed by atoms with Crippen molar-refractivity contribution in [1.29, 1.82) is 0 Å². The molecule has 1 saturated carbocycles. The van der Waals surface area contributed by atoms with Crippen molar-refractivity contribution in [3.63, 3.8) is 0 Å². The minimum Gasteiger partial charge on any atom is -0.388 e. The van der Waals surface area contributed by atoms with Crippen LogP contribution in [0.2, 0.25) is 0 Å². The molecule has 1 aliphatic heterocycles. The van der Waals surface area contributed by atoms with Gasteiger partial charge in [-0.3, -0.25) is 4.79 Å². The van der Waals surface area contributed by atoms with Gasteiger partial charge >= 0.3 is 0 Å². The summed E-state index contributed by atoms with van der Waals surface area (Å²) in [6.07, 6.45) is 5.80. The summed E-state index contributed by atoms with van der Waals surface area (Å²) in [5, 5.41) is 16.6. The first-order valence-corrected chi connectivity index (χ1v) is 7.30. The molecule has 104 valence electrons. The zero-order valence-electron chi connectivity index (χ0n) is 11.4. The van der Waals surface area contributed by atoms with Crippen LogP contribution in [0.15, 0.2) is 0 Å². The lowest BCUT2D eigenvalue weighted by Gasteiger charge is -2.35. The van der Waals surface area contributed by atoms with Gasteiger partial charge in [-0.15, -0.1) is 0 Å². The zero-order valence-corrected chi connectivity index (χ0v) is 11.4. The van der Waals surface area contributed by atoms with E-state index in [2.05, 4.69) is 17.6 Å². The lowest BCUT2D eigenvalue weighted by atomic mass is 9.79. The molecule has 2 fully saturated rings. The standard InChI is InChI=1S/C14H26N2O2/c1-11-4-6-14(18,7-5-11)10-16-13(17)12-3-2-8-15-9-12/h11-12,15,18H,2-10H2,1H3,(H,16,17). The first-order valence-electron chi connectivity index (χ1n) is 7.30. The van der Waals surface area contributed by atoms with Crippen LogP contribution in [0.1, 0.15) is 45.4 Å². The maximum absolute atomic E-state index is 12.0. The van der Waals surface area contributed by atoms with Crippen molar-refractivity contribution in [3.05, 3.63) is 0 Å². The SMILES string of the molecule is CC1CCC(O)(CNC(=O)C2CCCNC2)CC1. The third-order valence-electron chi connectivity index (χ3n) is 4.46. The molecule has 1 amide bonds. The molecule has 1 heterocycles. The van der Waals surface area contributed by atoms with Crippen LogP contribution in [0.25, 0.3) is 0 Å². The van der Waals surface area contributed by atoms with Crippen LogP contribution >= 0.6 is 0 Å². The average Bonchev–Trinajstić information content (AvgIpc) is 2.41. The van der Waals surface area contributed by atoms with Crippen LogP contribution in [0, 0.1) is 11.8 Å². The second kappa shape index (κ2) is 6.02. The highest BCUT2D eigenvalue weighted by molar-refractivity contribution is 5.79. The molecule has 1 atom stereocenters. The number of carbonyl (C=O) groups is 1. The quantitative estimate of drug-likeness (QED) is 0.705. The molecule has 0 aromatic carbocycles. The molecule has 1 unspecified atom stereocenters. The van der Waals surface area contributed by atoms with E-state index in [4.69, 9.17) is 0 Å². The Labute approximate surface area is 110 Å². The Hall–Kier alpha value is -0.610. The van der Waals surface area contributed by atoms with E-state index in [1.807, 2.05) is 0 Å². The maximum Gasteiger partial charge on any atom is 0.224 e. The molecule has 0 bridgehead atoms. The maximum atomic E-state index is 12.0. The van der Waals surface area contributed by atoms with Crippen LogP contribution in [0.3, 0.4) is 0 Å². The van der Waals surface area contributed by atoms with Gasteiger partial charge in [-0.2, -0.15) is 0 Å². The minimum absolute atomic E-state index is 0.0878. The lowest BCUT2D eigenvalue weighted by molar-refractivity contribution is -0.127. The average molecular weight is 254 g/mol. The third-order valence-corrected chi connectivity index (χ3v) is 4.46. The summed E-state index contributed by atoms with van der Waals surface area (Å²) in [6.45, 7) is 4.45. The number of rotatable bonds is 3. The first kappa shape index (κ1) is 13.8. The molecule has 0 aromatic rings. The minimum atomic E-state index is -0.662. The summed E-state index contributed by atoms with van der Waals surface area (Å²) >= 11 is 0. The second-order valence-electron chi connectivity index (χ2n) is 6.17. The molecular weight excluding hydrogens is 228 g/mol. The van der Waals surface area contributed by atoms with Gasteiger partial charge < -0.3 is 15.7 Å². The van der Waals surface area contributed by atoms with E-state index < -0.39 is 5.60 Å². The van der Waals surface area contributed by atoms with Gasteiger partial charge in [-0.1, -0.05) is 6.92 Å². The largest absolute Gasteiger partial charge is 0.388 e. The summed E-state index contributed by atoms with van der Waals surface area (Å²) in [5.74, 6) is 0.905. The van der Waals surface area contributed by atoms with E-state index in [9.17, 15) is 9.90 Å². The summed E-state index contributed by atoms with van der Waals surface area (Å²) in [6, 6.07) is 0. The fraction of sp³-hybridized carbons (Fsp3) is 0.929. The lowest BCUT2D eigenvalue weighted by Crippen LogP contribution is -2.48. The van der Waals surface area contributed by atoms with E-state index in [0.29, 0.717) is 12.5 Å². The smallest absolute Gasteiger partial charge is 0.224 e. The van der Waals surface area contributed by atoms with Crippen molar-refractivity contribution in [1.82, 2.24) is 10.6 Å². The predicted molar refractivity (Wildman–Crippen MR) is 71.2 cm³/mol. The Bertz CT molecular complexity index is 280. The van der Waals surface area contributed by atoms with Crippen LogP contribution in [-0.4, -0.2) is 36.2 Å². The number of aliphatic hydroxyl groups is 1. The summed E-state index contributed by atoms with van der Waals surface area (Å²) in [7, 11) is 0. The van der Waals surface area contributed by atoms with Crippen molar-refractivity contribution in [2.24, 2.45) is 11.8 Å². The number of hydrogen-bond acceptors (Lipinski definition) is 3. The predicted octanol–water partition coefficient (Wildman–Crippen LogP) is 1.04. The van der Waals surface area contributed by atoms with Crippen LogP contribution in [0.4, 0.5) is 0 Å². The highest BCUT2D eigenvalue weighted by atomic mass is 16.3. The van der Waals surface area contributed by atoms with Gasteiger partial charge in [-0.05, 0) is 51.0 Å². The monoisotopic (exact) mass is 254 g/mol. The Morgan fingerprint density at radius 2 is 2.11 bits per heavy atom. The topological polar surface area (TPSA) is 61.4 Å². The van der Waals surface area contributed by atoms with E-state index >= 15 is 0 Å². The molecule has 4 nitrogen and oxygen atoms in total. The molecule has 0 spiro atoms. The third kappa shape index (κ3) is 3.69. The Kier molecular flexibility index (Phi) is 4.62. The van der Waals surface area contributed by atoms with Crippen molar-refractivity contribution in [2.45, 2.75) is 51.0 Å². The molecule has 1 saturated heterocycles. The van der Waals surface area contributed by atoms with Gasteiger partial charge in [0, 0.05) is 13.1 Å². The van der Waals surface area contributed by atoms with Gasteiger partial charge in [0.25, 0.3) is 0 Å². The number of nitrogens with one attached hydrogen (secondary N) is 2. The number of hydrogen-bond donors (Lipinski definition) is 3. The van der Waals surface area contributed by atoms with Crippen molar-refractivity contribution < 1.29 is 9.90 Å². The highest BCUT2D eigenvalue weighted by Crippen LogP contribution is 2.31. The normalized spacial score (nSPS) is 37.2. The summed E-state index contributed by atoms with van der Waals surface area (Å²) in [5.41, 5.74) is -0.662. The number of carbonyl (C=O) groups excluding carboxylic acids is 1. The molecule has 2 rings (SSSR count). The molecule has 0 radical (unpaired) electrons. The van der Waals surface area contributed by atoms with Crippen LogP contribution in [0.5, 0.6) is 0 Å². The van der Waals surface area contributed by atoms with E-state index in [-0.39, 0.29) is 11.8 Å². The number of piperidine rings is 1. The van der Waals surface area contributed by atoms with Crippen molar-refractivity contribution in [2.75, 3.05) is 19.6 Å². The molecule has 18 heavy (non-hydrogen) atoms. The van der Waals surface area contributed by atoms with Gasteiger partial charge in [0.15, 0.2) is 0 Å². The van der Waals surface area contributed by atoms with E-state index in [0.717, 1.165) is 51.6 Å². The summed E-state index contributed by atoms with van der Waals surface area (Å²) < 4.78 is 0. The number of amides is 1. The van der Waals surface area contributed by atoms with Crippen LogP contribution < -0.4 is 10.6 Å². The van der Waals surface area contributed by atoms with E-state index in [1.165, 1.54) is 0 Å². The zero-order chi connectivity index (χ0) is 13.0. The van der Waals surface area contributed by atoms with Gasteiger partial charge in [-0.25, -0.2) is 0 Å². The molecule has 1 aliphatic carbocycles. The Balaban J connectivity index is 1.74. The molecule has 0 aromatic heterocycles. The van der Waals surface area contributed by atoms with Gasteiger partial charge in [0.2, 0.25) is 5.91 Å². The molecule has 2 aliphatic rings. The summed E-state index contributed by atoms with van der Waals surface area (Å²) in [4.78, 5) is 12.0. The Morgan fingerprint density at radius 1 is 1.39 bits per heavy atom. The fourth-order valence-corrected chi connectivity index (χ4v) is 2.95.